The van der Waals surface area contributed by atoms with Crippen LogP contribution in [0.3, 0.4) is 0 Å². The van der Waals surface area contributed by atoms with E-state index in [9.17, 15) is 26.3 Å². The first-order valence-corrected chi connectivity index (χ1v) is 14.1. The lowest BCUT2D eigenvalue weighted by molar-refractivity contribution is -0.193. The van der Waals surface area contributed by atoms with Gasteiger partial charge in [0.15, 0.2) is 11.5 Å². The minimum Gasteiger partial charge on any atom is -0.492 e. The number of alkyl halides is 6. The molecule has 11 nitrogen and oxygen atoms in total. The van der Waals surface area contributed by atoms with E-state index < -0.39 is 24.3 Å². The number of para-hydroxylation sites is 1. The number of aromatic nitrogens is 4. The monoisotopic (exact) mass is 679 g/mol. The molecule has 0 amide bonds. The number of hydrogen-bond acceptors (Lipinski definition) is 8. The molecule has 1 aliphatic heterocycles. The van der Waals surface area contributed by atoms with Gasteiger partial charge in [-0.25, -0.2) is 9.59 Å². The van der Waals surface area contributed by atoms with Crippen molar-refractivity contribution < 1.29 is 55.6 Å². The van der Waals surface area contributed by atoms with Gasteiger partial charge in [0.2, 0.25) is 0 Å². The molecular formula is C31H27F6N5O6. The van der Waals surface area contributed by atoms with E-state index >= 15 is 0 Å². The molecule has 6 rings (SSSR count). The summed E-state index contributed by atoms with van der Waals surface area (Å²) >= 11 is 0. The Labute approximate surface area is 268 Å². The van der Waals surface area contributed by atoms with E-state index in [0.29, 0.717) is 6.61 Å². The normalized spacial score (nSPS) is 13.6. The summed E-state index contributed by atoms with van der Waals surface area (Å²) in [5, 5.41) is 24.2. The number of carboxylic acids is 2. The van der Waals surface area contributed by atoms with Gasteiger partial charge >= 0.3 is 24.3 Å². The van der Waals surface area contributed by atoms with Crippen molar-refractivity contribution in [3.05, 3.63) is 79.1 Å². The first-order chi connectivity index (χ1) is 22.7. The maximum atomic E-state index is 10.6. The number of benzene rings is 2. The molecule has 17 heteroatoms. The Hall–Kier alpha value is -5.29. The maximum Gasteiger partial charge on any atom is 0.490 e. The van der Waals surface area contributed by atoms with Gasteiger partial charge in [0.25, 0.3) is 0 Å². The van der Waals surface area contributed by atoms with Crippen LogP contribution in [0.1, 0.15) is 0 Å². The van der Waals surface area contributed by atoms with Crippen molar-refractivity contribution in [2.45, 2.75) is 12.4 Å². The van der Waals surface area contributed by atoms with Gasteiger partial charge in [-0.05, 0) is 47.5 Å². The van der Waals surface area contributed by atoms with Crippen molar-refractivity contribution in [1.29, 1.82) is 0 Å². The Bertz CT molecular complexity index is 1810. The highest BCUT2D eigenvalue weighted by Gasteiger charge is 2.38. The number of morpholine rings is 1. The summed E-state index contributed by atoms with van der Waals surface area (Å²) in [6.45, 7) is 5.18. The first-order valence-electron chi connectivity index (χ1n) is 14.1. The van der Waals surface area contributed by atoms with E-state index in [-0.39, 0.29) is 0 Å². The topological polar surface area (TPSA) is 139 Å². The Morgan fingerprint density at radius 2 is 1.46 bits per heavy atom. The molecule has 254 valence electrons. The van der Waals surface area contributed by atoms with Crippen molar-refractivity contribution in [2.75, 3.05) is 39.5 Å². The van der Waals surface area contributed by atoms with Gasteiger partial charge in [0.05, 0.1) is 18.7 Å². The third kappa shape index (κ3) is 9.62. The van der Waals surface area contributed by atoms with Crippen LogP contribution in [0.15, 0.2) is 79.1 Å². The Morgan fingerprint density at radius 3 is 2.08 bits per heavy atom. The van der Waals surface area contributed by atoms with E-state index in [1.54, 1.807) is 0 Å². The zero-order valence-corrected chi connectivity index (χ0v) is 24.8. The van der Waals surface area contributed by atoms with Crippen LogP contribution in [-0.2, 0) is 14.3 Å². The molecule has 0 saturated carbocycles. The van der Waals surface area contributed by atoms with Crippen molar-refractivity contribution in [1.82, 2.24) is 24.5 Å². The van der Waals surface area contributed by atoms with E-state index in [2.05, 4.69) is 50.4 Å². The Morgan fingerprint density at radius 1 is 0.833 bits per heavy atom. The number of carboxylic acid groups (broad SMARTS) is 2. The van der Waals surface area contributed by atoms with Crippen molar-refractivity contribution in [3.63, 3.8) is 0 Å². The lowest BCUT2D eigenvalue weighted by Crippen LogP contribution is -2.38. The second kappa shape index (κ2) is 15.5. The second-order valence-electron chi connectivity index (χ2n) is 9.98. The maximum absolute atomic E-state index is 10.6. The number of nitrogens with zero attached hydrogens (tertiary/aromatic N) is 5. The fraction of sp³-hybridized carbons (Fsp3) is 0.258. The van der Waals surface area contributed by atoms with Crippen LogP contribution >= 0.6 is 0 Å². The van der Waals surface area contributed by atoms with Gasteiger partial charge in [-0.2, -0.15) is 26.3 Å². The molecule has 3 aromatic heterocycles. The highest BCUT2D eigenvalue weighted by atomic mass is 19.4. The second-order valence-corrected chi connectivity index (χ2v) is 9.98. The number of carbonyl (C=O) groups is 2. The van der Waals surface area contributed by atoms with Crippen LogP contribution in [0, 0.1) is 0 Å². The standard InChI is InChI=1S/C27H25N5O2.2C2HF3O2/c1-2-4-25-23(3-1)24(9-11-28-25)27-30-29-26-19-21(10-12-32(26)27)20-5-7-22(8-6-20)34-18-15-31-13-16-33-17-14-31;2*3-2(4,5)1(6)7/h1-12,19H,13-18H2;2*(H,6,7). The zero-order chi connectivity index (χ0) is 34.9. The minimum atomic E-state index is -5.08. The van der Waals surface area contributed by atoms with Crippen molar-refractivity contribution >= 4 is 28.5 Å². The molecule has 1 aliphatic rings. The smallest absolute Gasteiger partial charge is 0.490 e. The van der Waals surface area contributed by atoms with Crippen LogP contribution in [0.4, 0.5) is 26.3 Å². The van der Waals surface area contributed by atoms with Gasteiger partial charge in [0.1, 0.15) is 12.4 Å². The van der Waals surface area contributed by atoms with Crippen molar-refractivity contribution in [3.8, 4) is 28.3 Å². The molecule has 1 saturated heterocycles. The third-order valence-electron chi connectivity index (χ3n) is 6.75. The fourth-order valence-corrected chi connectivity index (χ4v) is 4.41. The van der Waals surface area contributed by atoms with Gasteiger partial charge < -0.3 is 19.7 Å². The van der Waals surface area contributed by atoms with Crippen LogP contribution < -0.4 is 4.74 Å². The summed E-state index contributed by atoms with van der Waals surface area (Å²) in [5.74, 6) is -3.82. The third-order valence-corrected chi connectivity index (χ3v) is 6.75. The summed E-state index contributed by atoms with van der Waals surface area (Å²) in [5.41, 5.74) is 4.97. The Kier molecular flexibility index (Phi) is 11.5. The summed E-state index contributed by atoms with van der Waals surface area (Å²) in [6, 6.07) is 22.5. The minimum absolute atomic E-state index is 0.678. The predicted octanol–water partition coefficient (Wildman–Crippen LogP) is 5.59. The van der Waals surface area contributed by atoms with Gasteiger partial charge in [-0.3, -0.25) is 14.3 Å². The molecular weight excluding hydrogens is 652 g/mol. The number of pyridine rings is 2. The molecule has 2 aromatic carbocycles. The molecule has 0 radical (unpaired) electrons. The molecule has 1 fully saturated rings. The van der Waals surface area contributed by atoms with Crippen LogP contribution in [0.5, 0.6) is 5.75 Å². The summed E-state index contributed by atoms with van der Waals surface area (Å²) in [6.07, 6.45) is -6.32. The van der Waals surface area contributed by atoms with Crippen LogP contribution in [0.2, 0.25) is 0 Å². The molecule has 2 N–H and O–H groups in total. The predicted molar refractivity (Wildman–Crippen MR) is 159 cm³/mol. The zero-order valence-electron chi connectivity index (χ0n) is 24.8. The van der Waals surface area contributed by atoms with Gasteiger partial charge in [-0.1, -0.05) is 30.3 Å². The molecule has 5 aromatic rings. The molecule has 0 aliphatic carbocycles. The SMILES string of the molecule is O=C(O)C(F)(F)F.O=C(O)C(F)(F)F.c1ccc2c(-c3nnc4cc(-c5ccc(OCCN6CCOCC6)cc5)ccn34)ccnc2c1. The molecule has 0 unspecified atom stereocenters. The van der Waals surface area contributed by atoms with Crippen LogP contribution in [0.25, 0.3) is 39.1 Å². The van der Waals surface area contributed by atoms with E-state index in [1.807, 2.05) is 53.2 Å². The molecule has 4 heterocycles. The van der Waals surface area contributed by atoms with Gasteiger partial charge in [-0.15, -0.1) is 10.2 Å². The average Bonchev–Trinajstić information content (AvgIpc) is 3.48. The lowest BCUT2D eigenvalue weighted by atomic mass is 10.1. The largest absolute Gasteiger partial charge is 0.492 e. The van der Waals surface area contributed by atoms with Crippen LogP contribution in [-0.4, -0.2) is 98.4 Å². The number of hydrogen-bond donors (Lipinski definition) is 2. The lowest BCUT2D eigenvalue weighted by Gasteiger charge is -2.26. The first kappa shape index (κ1) is 35.6. The number of halogens is 6. The molecule has 0 atom stereocenters. The number of ether oxygens (including phenoxy) is 2. The van der Waals surface area contributed by atoms with Gasteiger partial charge in [0, 0.05) is 43.0 Å². The molecule has 0 bridgehead atoms. The molecule has 0 spiro atoms. The highest BCUT2D eigenvalue weighted by Crippen LogP contribution is 2.29. The fourth-order valence-electron chi connectivity index (χ4n) is 4.41. The number of rotatable bonds is 6. The average molecular weight is 680 g/mol. The molecule has 48 heavy (non-hydrogen) atoms. The van der Waals surface area contributed by atoms with E-state index in [4.69, 9.17) is 29.3 Å². The van der Waals surface area contributed by atoms with E-state index in [1.165, 1.54) is 0 Å². The summed E-state index contributed by atoms with van der Waals surface area (Å²) in [7, 11) is 0. The summed E-state index contributed by atoms with van der Waals surface area (Å²) in [4.78, 5) is 24.6. The quantitative estimate of drug-likeness (QED) is 0.219. The summed E-state index contributed by atoms with van der Waals surface area (Å²) < 4.78 is 76.8. The van der Waals surface area contributed by atoms with Crippen molar-refractivity contribution in [2.24, 2.45) is 0 Å². The number of aliphatic carboxylic acids is 2. The van der Waals surface area contributed by atoms with E-state index in [0.717, 1.165) is 77.7 Å². The highest BCUT2D eigenvalue weighted by molar-refractivity contribution is 5.92. The Balaban J connectivity index is 0.000000314. The number of fused-ring (bicyclic) bond motifs is 2.